The van der Waals surface area contributed by atoms with E-state index in [0.717, 1.165) is 0 Å². The fourth-order valence-electron chi connectivity index (χ4n) is 3.00. The fourth-order valence-corrected chi connectivity index (χ4v) is 14.7. The molecule has 112 valence electrons. The average Bonchev–Trinajstić information content (AvgIpc) is 2.63. The Labute approximate surface area is 142 Å². The van der Waals surface area contributed by atoms with Gasteiger partial charge in [0.15, 0.2) is 0 Å². The number of hydrogen-bond donors (Lipinski definition) is 0. The Morgan fingerprint density at radius 3 is 1.09 bits per heavy atom. The number of hydrogen-bond acceptors (Lipinski definition) is 0. The molecular weight excluding hydrogens is 370 g/mol. The molecule has 0 aliphatic carbocycles. The molecule has 0 aliphatic rings. The predicted molar refractivity (Wildman–Crippen MR) is 108 cm³/mol. The molecular formula is C19H19BrP2. The van der Waals surface area contributed by atoms with E-state index in [2.05, 4.69) is 113 Å². The maximum absolute atomic E-state index is 3.93. The summed E-state index contributed by atoms with van der Waals surface area (Å²) >= 11 is 3.93. The Balaban J connectivity index is 2.41. The summed E-state index contributed by atoms with van der Waals surface area (Å²) in [7, 11) is 0. The molecule has 0 fully saturated rings. The molecule has 0 amide bonds. The van der Waals surface area contributed by atoms with E-state index >= 15 is 0 Å². The second-order valence-electron chi connectivity index (χ2n) is 5.66. The molecule has 0 heterocycles. The molecule has 22 heavy (non-hydrogen) atoms. The number of halogens is 1. The first kappa shape index (κ1) is 15.9. The monoisotopic (exact) mass is 388 g/mol. The van der Waals surface area contributed by atoms with Gasteiger partial charge in [0.1, 0.15) is 0 Å². The Kier molecular flexibility index (Phi) is 4.51. The fraction of sp³-hybridized carbons (Fsp3) is 0.0526. The third kappa shape index (κ3) is 2.37. The van der Waals surface area contributed by atoms with Gasteiger partial charge >= 0.3 is 142 Å². The molecule has 0 nitrogen and oxygen atoms in total. The maximum atomic E-state index is 3.93. The second-order valence-corrected chi connectivity index (χ2v) is 17.6. The molecule has 0 aromatic heterocycles. The first-order chi connectivity index (χ1) is 10.7. The van der Waals surface area contributed by atoms with Gasteiger partial charge in [-0.2, -0.15) is 0 Å². The van der Waals surface area contributed by atoms with E-state index in [1.54, 1.807) is 0 Å². The summed E-state index contributed by atoms with van der Waals surface area (Å²) in [4.78, 5) is 0. The Hall–Kier alpha value is -1.00. The van der Waals surface area contributed by atoms with Crippen molar-refractivity contribution in [2.24, 2.45) is 0 Å². The molecule has 0 saturated heterocycles. The van der Waals surface area contributed by atoms with Gasteiger partial charge in [0, 0.05) is 0 Å². The third-order valence-electron chi connectivity index (χ3n) is 4.42. The van der Waals surface area contributed by atoms with Crippen molar-refractivity contribution in [3.05, 3.63) is 91.0 Å². The molecule has 0 bridgehead atoms. The third-order valence-corrected chi connectivity index (χ3v) is 21.2. The zero-order valence-corrected chi connectivity index (χ0v) is 16.0. The van der Waals surface area contributed by atoms with E-state index in [0.29, 0.717) is 6.97 Å². The van der Waals surface area contributed by atoms with Gasteiger partial charge in [-0.25, -0.2) is 0 Å². The standard InChI is InChI=1S/C19H19BrP2/c1-22(21-20,17-11-5-2-6-12-17,18-13-7-3-8-14-18)19-15-9-4-10-16-19/h2-16,21H,1H3. The number of benzene rings is 3. The van der Waals surface area contributed by atoms with Crippen molar-refractivity contribution in [2.75, 3.05) is 6.66 Å². The molecule has 0 radical (unpaired) electrons. The van der Waals surface area contributed by atoms with Gasteiger partial charge in [0.2, 0.25) is 0 Å². The van der Waals surface area contributed by atoms with Crippen LogP contribution in [0.2, 0.25) is 0 Å². The van der Waals surface area contributed by atoms with Crippen molar-refractivity contribution in [1.82, 2.24) is 0 Å². The van der Waals surface area contributed by atoms with E-state index < -0.39 is 6.29 Å². The molecule has 3 heteroatoms. The van der Waals surface area contributed by atoms with E-state index in [1.165, 1.54) is 15.9 Å². The summed E-state index contributed by atoms with van der Waals surface area (Å²) in [6.45, 7) is 3.12. The summed E-state index contributed by atoms with van der Waals surface area (Å²) in [5.74, 6) is 0. The van der Waals surface area contributed by atoms with Gasteiger partial charge in [-0.1, -0.05) is 0 Å². The van der Waals surface area contributed by atoms with Crippen LogP contribution in [0.4, 0.5) is 0 Å². The molecule has 0 saturated carbocycles. The summed E-state index contributed by atoms with van der Waals surface area (Å²) in [6.07, 6.45) is -2.46. The normalized spacial score (nSPS) is 13.8. The van der Waals surface area contributed by atoms with Gasteiger partial charge < -0.3 is 0 Å². The van der Waals surface area contributed by atoms with Crippen LogP contribution in [0.5, 0.6) is 0 Å². The van der Waals surface area contributed by atoms with Crippen LogP contribution in [0, 0.1) is 0 Å². The minimum atomic E-state index is -2.46. The van der Waals surface area contributed by atoms with Crippen molar-refractivity contribution in [2.45, 2.75) is 0 Å². The molecule has 0 N–H and O–H groups in total. The van der Waals surface area contributed by atoms with Gasteiger partial charge in [0.05, 0.1) is 0 Å². The van der Waals surface area contributed by atoms with Crippen LogP contribution in [0.25, 0.3) is 0 Å². The molecule has 3 aromatic carbocycles. The topological polar surface area (TPSA) is 0 Å². The first-order valence-corrected chi connectivity index (χ1v) is 14.0. The Morgan fingerprint density at radius 2 is 0.864 bits per heavy atom. The molecule has 1 unspecified atom stereocenters. The second kappa shape index (κ2) is 6.25. The van der Waals surface area contributed by atoms with E-state index in [9.17, 15) is 0 Å². The van der Waals surface area contributed by atoms with Gasteiger partial charge in [-0.05, 0) is 0 Å². The van der Waals surface area contributed by atoms with Crippen molar-refractivity contribution in [3.8, 4) is 0 Å². The van der Waals surface area contributed by atoms with Crippen molar-refractivity contribution >= 4 is 44.7 Å². The summed E-state index contributed by atoms with van der Waals surface area (Å²) < 4.78 is 0. The van der Waals surface area contributed by atoms with Crippen LogP contribution in [0.3, 0.4) is 0 Å². The SMILES string of the molecule is CP(PBr)(c1ccccc1)(c1ccccc1)c1ccccc1. The molecule has 0 spiro atoms. The predicted octanol–water partition coefficient (Wildman–Crippen LogP) is 5.05. The van der Waals surface area contributed by atoms with Crippen LogP contribution in [0.1, 0.15) is 0 Å². The first-order valence-electron chi connectivity index (χ1n) is 7.26. The summed E-state index contributed by atoms with van der Waals surface area (Å²) in [5.41, 5.74) is 0. The minimum absolute atomic E-state index is 0.647. The van der Waals surface area contributed by atoms with Gasteiger partial charge in [0.25, 0.3) is 0 Å². The molecule has 0 aliphatic heterocycles. The zero-order chi connectivity index (χ0) is 15.5. The van der Waals surface area contributed by atoms with E-state index in [4.69, 9.17) is 0 Å². The van der Waals surface area contributed by atoms with Crippen molar-refractivity contribution in [1.29, 1.82) is 0 Å². The van der Waals surface area contributed by atoms with Crippen LogP contribution >= 0.6 is 28.8 Å². The summed E-state index contributed by atoms with van der Waals surface area (Å²) in [5, 5.41) is 4.29. The van der Waals surface area contributed by atoms with Crippen molar-refractivity contribution in [3.63, 3.8) is 0 Å². The number of rotatable bonds is 4. The molecule has 3 rings (SSSR count). The van der Waals surface area contributed by atoms with E-state index in [-0.39, 0.29) is 0 Å². The van der Waals surface area contributed by atoms with Gasteiger partial charge in [-0.3, -0.25) is 0 Å². The van der Waals surface area contributed by atoms with Crippen LogP contribution < -0.4 is 15.9 Å². The van der Waals surface area contributed by atoms with Crippen LogP contribution in [-0.2, 0) is 0 Å². The Morgan fingerprint density at radius 1 is 0.591 bits per heavy atom. The molecule has 3 aromatic rings. The average molecular weight is 389 g/mol. The molecule has 1 atom stereocenters. The van der Waals surface area contributed by atoms with Crippen LogP contribution in [0.15, 0.2) is 91.0 Å². The Bertz CT molecular complexity index is 643. The van der Waals surface area contributed by atoms with Crippen LogP contribution in [-0.4, -0.2) is 6.66 Å². The summed E-state index contributed by atoms with van der Waals surface area (Å²) in [6, 6.07) is 32.9. The van der Waals surface area contributed by atoms with Gasteiger partial charge in [-0.15, -0.1) is 0 Å². The zero-order valence-electron chi connectivity index (χ0n) is 12.5. The van der Waals surface area contributed by atoms with E-state index in [1.807, 2.05) is 0 Å². The quantitative estimate of drug-likeness (QED) is 0.548. The van der Waals surface area contributed by atoms with Crippen molar-refractivity contribution < 1.29 is 0 Å².